The van der Waals surface area contributed by atoms with E-state index < -0.39 is 0 Å². The van der Waals surface area contributed by atoms with E-state index in [2.05, 4.69) is 60.7 Å². The normalized spacial score (nSPS) is 19.2. The summed E-state index contributed by atoms with van der Waals surface area (Å²) >= 11 is 10.0. The monoisotopic (exact) mass is 604 g/mol. The molecular formula is C30H30BrClN6O. The third-order valence-corrected chi connectivity index (χ3v) is 8.20. The van der Waals surface area contributed by atoms with Gasteiger partial charge in [0.15, 0.2) is 0 Å². The molecule has 39 heavy (non-hydrogen) atoms. The number of piperazine rings is 1. The standard InChI is InChI=1S/C30H30BrClN6O/c1-19-16-37(18-35-19)17-20-3-2-4-25(11-20)36-30(39)27-15-33-9-10-38(27)29-26-8-7-24(32)13-21(26)5-6-22-12-23(31)14-34-28(22)29/h2-4,7-8,11-14,16,18,27,29,33H,5-6,9-10,15,17H2,1H3,(H,36,39)/t27-,29-/m1/s1. The van der Waals surface area contributed by atoms with Gasteiger partial charge in [0.1, 0.15) is 6.04 Å². The number of imidazole rings is 1. The number of halogens is 2. The van der Waals surface area contributed by atoms with Gasteiger partial charge in [0.05, 0.1) is 23.8 Å². The quantitative estimate of drug-likeness (QED) is 0.329. The van der Waals surface area contributed by atoms with Crippen molar-refractivity contribution in [3.8, 4) is 0 Å². The fourth-order valence-electron chi connectivity index (χ4n) is 5.76. The van der Waals surface area contributed by atoms with Crippen LogP contribution in [0.4, 0.5) is 5.69 Å². The number of nitrogens with one attached hydrogen (secondary N) is 2. The van der Waals surface area contributed by atoms with Crippen molar-refractivity contribution < 1.29 is 4.79 Å². The minimum atomic E-state index is -0.372. The van der Waals surface area contributed by atoms with E-state index in [1.807, 2.05) is 54.5 Å². The van der Waals surface area contributed by atoms with Gasteiger partial charge < -0.3 is 15.2 Å². The number of pyridine rings is 1. The van der Waals surface area contributed by atoms with Gasteiger partial charge in [-0.2, -0.15) is 0 Å². The number of hydrogen-bond acceptors (Lipinski definition) is 5. The van der Waals surface area contributed by atoms with E-state index in [4.69, 9.17) is 16.6 Å². The van der Waals surface area contributed by atoms with Crippen LogP contribution < -0.4 is 10.6 Å². The van der Waals surface area contributed by atoms with Crippen LogP contribution in [0.1, 0.15) is 39.7 Å². The van der Waals surface area contributed by atoms with Gasteiger partial charge in [-0.15, -0.1) is 0 Å². The molecule has 1 saturated heterocycles. The Morgan fingerprint density at radius 3 is 2.87 bits per heavy atom. The molecule has 0 bridgehead atoms. The van der Waals surface area contributed by atoms with Crippen molar-refractivity contribution in [1.82, 2.24) is 24.8 Å². The summed E-state index contributed by atoms with van der Waals surface area (Å²) in [5.74, 6) is -0.0313. The molecule has 9 heteroatoms. The molecule has 0 radical (unpaired) electrons. The number of amides is 1. The van der Waals surface area contributed by atoms with Crippen molar-refractivity contribution in [3.05, 3.63) is 110 Å². The van der Waals surface area contributed by atoms with E-state index in [0.717, 1.165) is 58.1 Å². The molecule has 0 unspecified atom stereocenters. The lowest BCUT2D eigenvalue weighted by molar-refractivity contribution is -0.122. The molecule has 3 heterocycles. The van der Waals surface area contributed by atoms with Crippen LogP contribution in [0.2, 0.25) is 5.02 Å². The molecule has 2 aromatic heterocycles. The zero-order valence-corrected chi connectivity index (χ0v) is 24.0. The summed E-state index contributed by atoms with van der Waals surface area (Å²) in [6.07, 6.45) is 7.45. The highest BCUT2D eigenvalue weighted by Gasteiger charge is 2.38. The van der Waals surface area contributed by atoms with Crippen LogP contribution in [0.5, 0.6) is 0 Å². The first-order chi connectivity index (χ1) is 18.9. The fraction of sp³-hybridized carbons (Fsp3) is 0.300. The molecule has 4 aromatic rings. The molecule has 2 N–H and O–H groups in total. The largest absolute Gasteiger partial charge is 0.333 e. The Morgan fingerprint density at radius 1 is 1.15 bits per heavy atom. The molecule has 1 fully saturated rings. The maximum Gasteiger partial charge on any atom is 0.243 e. The SMILES string of the molecule is Cc1cn(Cc2cccc(NC(=O)[C@H]3CNCCN3[C@@H]3c4ccc(Cl)cc4CCc4cc(Br)cnc43)c2)cn1. The highest BCUT2D eigenvalue weighted by Crippen LogP contribution is 2.39. The van der Waals surface area contributed by atoms with Crippen LogP contribution in [-0.4, -0.2) is 51.0 Å². The zero-order valence-electron chi connectivity index (χ0n) is 21.7. The lowest BCUT2D eigenvalue weighted by Crippen LogP contribution is -2.57. The molecule has 2 aliphatic rings. The van der Waals surface area contributed by atoms with Crippen molar-refractivity contribution in [2.45, 2.75) is 38.4 Å². The topological polar surface area (TPSA) is 75.1 Å². The van der Waals surface area contributed by atoms with Crippen LogP contribution in [0.3, 0.4) is 0 Å². The number of rotatable bonds is 5. The number of nitrogens with zero attached hydrogens (tertiary/aromatic N) is 4. The van der Waals surface area contributed by atoms with Crippen molar-refractivity contribution in [2.75, 3.05) is 25.0 Å². The summed E-state index contributed by atoms with van der Waals surface area (Å²) in [7, 11) is 0. The number of benzene rings is 2. The smallest absolute Gasteiger partial charge is 0.243 e. The number of aromatic nitrogens is 3. The minimum absolute atomic E-state index is 0.0313. The highest BCUT2D eigenvalue weighted by atomic mass is 79.9. The van der Waals surface area contributed by atoms with Crippen LogP contribution in [-0.2, 0) is 24.2 Å². The number of aryl methyl sites for hydroxylation is 3. The van der Waals surface area contributed by atoms with Crippen molar-refractivity contribution in [2.24, 2.45) is 0 Å². The summed E-state index contributed by atoms with van der Waals surface area (Å²) in [6.45, 7) is 4.76. The van der Waals surface area contributed by atoms with Crippen LogP contribution in [0.25, 0.3) is 0 Å². The Labute approximate surface area is 241 Å². The Hall–Kier alpha value is -3.04. The van der Waals surface area contributed by atoms with E-state index in [9.17, 15) is 4.79 Å². The summed E-state index contributed by atoms with van der Waals surface area (Å²) in [5, 5.41) is 7.37. The molecule has 1 aliphatic carbocycles. The lowest BCUT2D eigenvalue weighted by atomic mass is 9.94. The van der Waals surface area contributed by atoms with Gasteiger partial charge in [0.2, 0.25) is 5.91 Å². The summed E-state index contributed by atoms with van der Waals surface area (Å²) < 4.78 is 3.01. The Balaban J connectivity index is 1.31. The summed E-state index contributed by atoms with van der Waals surface area (Å²) in [6, 6.07) is 15.8. The third-order valence-electron chi connectivity index (χ3n) is 7.53. The molecule has 2 aromatic carbocycles. The molecule has 1 amide bonds. The average Bonchev–Trinajstić information content (AvgIpc) is 3.26. The van der Waals surface area contributed by atoms with Crippen LogP contribution in [0.15, 0.2) is 71.7 Å². The van der Waals surface area contributed by atoms with Gasteiger partial charge in [0, 0.05) is 53.8 Å². The first-order valence-corrected chi connectivity index (χ1v) is 14.4. The van der Waals surface area contributed by atoms with Gasteiger partial charge in [-0.1, -0.05) is 29.8 Å². The molecule has 1 aliphatic heterocycles. The molecule has 0 saturated carbocycles. The average molecular weight is 606 g/mol. The van der Waals surface area contributed by atoms with E-state index in [1.54, 1.807) is 0 Å². The lowest BCUT2D eigenvalue weighted by Gasteiger charge is -2.41. The minimum Gasteiger partial charge on any atom is -0.333 e. The first-order valence-electron chi connectivity index (χ1n) is 13.2. The van der Waals surface area contributed by atoms with E-state index >= 15 is 0 Å². The predicted octanol–water partition coefficient (Wildman–Crippen LogP) is 5.15. The second-order valence-corrected chi connectivity index (χ2v) is 11.6. The molecule has 6 rings (SSSR count). The molecule has 0 spiro atoms. The van der Waals surface area contributed by atoms with Crippen molar-refractivity contribution >= 4 is 39.1 Å². The number of carbonyl (C=O) groups is 1. The van der Waals surface area contributed by atoms with Crippen molar-refractivity contribution in [1.29, 1.82) is 0 Å². The van der Waals surface area contributed by atoms with Gasteiger partial charge in [-0.3, -0.25) is 14.7 Å². The fourth-order valence-corrected chi connectivity index (χ4v) is 6.34. The van der Waals surface area contributed by atoms with Gasteiger partial charge >= 0.3 is 0 Å². The molecule has 2 atom stereocenters. The number of carbonyl (C=O) groups excluding carboxylic acids is 1. The summed E-state index contributed by atoms with van der Waals surface area (Å²) in [5.41, 5.74) is 7.46. The highest BCUT2D eigenvalue weighted by molar-refractivity contribution is 9.10. The first kappa shape index (κ1) is 26.2. The Morgan fingerprint density at radius 2 is 2.03 bits per heavy atom. The van der Waals surface area contributed by atoms with E-state index in [-0.39, 0.29) is 18.0 Å². The second kappa shape index (κ2) is 11.2. The second-order valence-electron chi connectivity index (χ2n) is 10.3. The number of fused-ring (bicyclic) bond motifs is 2. The van der Waals surface area contributed by atoms with Gasteiger partial charge in [0.25, 0.3) is 0 Å². The maximum atomic E-state index is 13.9. The van der Waals surface area contributed by atoms with Crippen molar-refractivity contribution in [3.63, 3.8) is 0 Å². The predicted molar refractivity (Wildman–Crippen MR) is 157 cm³/mol. The number of anilines is 1. The molecule has 200 valence electrons. The molecular weight excluding hydrogens is 576 g/mol. The van der Waals surface area contributed by atoms with Crippen LogP contribution in [0, 0.1) is 6.92 Å². The van der Waals surface area contributed by atoms with E-state index in [1.165, 1.54) is 16.7 Å². The van der Waals surface area contributed by atoms with Crippen LogP contribution >= 0.6 is 27.5 Å². The zero-order chi connectivity index (χ0) is 26.9. The summed E-state index contributed by atoms with van der Waals surface area (Å²) in [4.78, 5) is 25.4. The number of hydrogen-bond donors (Lipinski definition) is 2. The third kappa shape index (κ3) is 5.65. The molecule has 7 nitrogen and oxygen atoms in total. The van der Waals surface area contributed by atoms with Gasteiger partial charge in [-0.25, -0.2) is 4.98 Å². The van der Waals surface area contributed by atoms with E-state index in [0.29, 0.717) is 13.1 Å². The Bertz CT molecular complexity index is 1470. The van der Waals surface area contributed by atoms with Gasteiger partial charge in [-0.05, 0) is 88.3 Å². The Kier molecular flexibility index (Phi) is 7.53. The maximum absolute atomic E-state index is 13.9.